The highest BCUT2D eigenvalue weighted by Gasteiger charge is 2.23. The normalized spacial score (nSPS) is 11.7. The maximum absolute atomic E-state index is 11.2. The largest absolute Gasteiger partial charge is 0.465 e. The van der Waals surface area contributed by atoms with Crippen LogP contribution in [0.1, 0.15) is 20.3 Å². The van der Waals surface area contributed by atoms with Crippen LogP contribution in [0.15, 0.2) is 10.6 Å². The molecule has 1 atom stereocenters. The fourth-order valence-corrected chi connectivity index (χ4v) is 1.06. The third-order valence-corrected chi connectivity index (χ3v) is 1.88. The third-order valence-electron chi connectivity index (χ3n) is 1.57. The van der Waals surface area contributed by atoms with Crippen LogP contribution in [-0.4, -0.2) is 18.4 Å². The molecule has 1 unspecified atom stereocenters. The van der Waals surface area contributed by atoms with Gasteiger partial charge in [0.05, 0.1) is 6.61 Å². The molecule has 0 amide bonds. The highest BCUT2D eigenvalue weighted by Crippen LogP contribution is 2.14. The molecule has 0 fully saturated rings. The lowest BCUT2D eigenvalue weighted by Crippen LogP contribution is -2.23. The first-order valence-corrected chi connectivity index (χ1v) is 4.92. The van der Waals surface area contributed by atoms with Gasteiger partial charge in [0.15, 0.2) is 0 Å². The molecule has 0 aromatic carbocycles. The molecule has 0 aliphatic rings. The van der Waals surface area contributed by atoms with Crippen molar-refractivity contribution in [3.05, 3.63) is 10.6 Å². The summed E-state index contributed by atoms with van der Waals surface area (Å²) in [4.78, 5) is 22.3. The number of rotatable bonds is 5. The van der Waals surface area contributed by atoms with Gasteiger partial charge in [0.1, 0.15) is 16.2 Å². The SMILES string of the molecule is CCOC(=O)C(CC=C(Cl)Cl)C(C)=O. The van der Waals surface area contributed by atoms with E-state index in [1.54, 1.807) is 6.92 Å². The zero-order valence-electron chi connectivity index (χ0n) is 8.05. The summed E-state index contributed by atoms with van der Waals surface area (Å²) in [7, 11) is 0. The molecule has 14 heavy (non-hydrogen) atoms. The van der Waals surface area contributed by atoms with E-state index < -0.39 is 11.9 Å². The first-order valence-electron chi connectivity index (χ1n) is 4.17. The maximum Gasteiger partial charge on any atom is 0.316 e. The van der Waals surface area contributed by atoms with Crippen molar-refractivity contribution < 1.29 is 14.3 Å². The van der Waals surface area contributed by atoms with Crippen molar-refractivity contribution in [1.82, 2.24) is 0 Å². The molecular weight excluding hydrogens is 227 g/mol. The summed E-state index contributed by atoms with van der Waals surface area (Å²) < 4.78 is 4.76. The van der Waals surface area contributed by atoms with Crippen LogP contribution in [0.25, 0.3) is 0 Å². The molecule has 5 heteroatoms. The van der Waals surface area contributed by atoms with E-state index in [0.29, 0.717) is 0 Å². The number of ketones is 1. The van der Waals surface area contributed by atoms with Gasteiger partial charge in [-0.05, 0) is 20.3 Å². The van der Waals surface area contributed by atoms with Gasteiger partial charge in [-0.15, -0.1) is 0 Å². The monoisotopic (exact) mass is 238 g/mol. The van der Waals surface area contributed by atoms with Crippen molar-refractivity contribution in [2.24, 2.45) is 5.92 Å². The van der Waals surface area contributed by atoms with Crippen molar-refractivity contribution in [3.63, 3.8) is 0 Å². The fourth-order valence-electron chi connectivity index (χ4n) is 0.878. The van der Waals surface area contributed by atoms with Crippen molar-refractivity contribution in [2.75, 3.05) is 6.61 Å². The predicted molar refractivity (Wildman–Crippen MR) is 55.2 cm³/mol. The number of esters is 1. The van der Waals surface area contributed by atoms with E-state index in [-0.39, 0.29) is 23.3 Å². The van der Waals surface area contributed by atoms with Gasteiger partial charge in [-0.25, -0.2) is 0 Å². The lowest BCUT2D eigenvalue weighted by atomic mass is 10.0. The van der Waals surface area contributed by atoms with Crippen LogP contribution in [0.2, 0.25) is 0 Å². The Hall–Kier alpha value is -0.540. The zero-order valence-corrected chi connectivity index (χ0v) is 9.56. The third kappa shape index (κ3) is 5.25. The molecule has 0 bridgehead atoms. The Morgan fingerprint density at radius 1 is 1.43 bits per heavy atom. The first-order chi connectivity index (χ1) is 6.49. The lowest BCUT2D eigenvalue weighted by Gasteiger charge is -2.09. The second kappa shape index (κ2) is 6.85. The molecule has 0 aromatic heterocycles. The highest BCUT2D eigenvalue weighted by molar-refractivity contribution is 6.55. The number of ether oxygens (including phenoxy) is 1. The van der Waals surface area contributed by atoms with Crippen LogP contribution in [0, 0.1) is 5.92 Å². The van der Waals surface area contributed by atoms with Crippen molar-refractivity contribution in [1.29, 1.82) is 0 Å². The molecule has 0 radical (unpaired) electrons. The summed E-state index contributed by atoms with van der Waals surface area (Å²) in [6.45, 7) is 3.26. The summed E-state index contributed by atoms with van der Waals surface area (Å²) in [6.07, 6.45) is 1.59. The Balaban J connectivity index is 4.37. The van der Waals surface area contributed by atoms with Gasteiger partial charge < -0.3 is 4.74 Å². The van der Waals surface area contributed by atoms with E-state index in [1.807, 2.05) is 0 Å². The summed E-state index contributed by atoms with van der Waals surface area (Å²) in [5, 5.41) is 0. The number of halogens is 2. The molecule has 0 N–H and O–H groups in total. The fraction of sp³-hybridized carbons (Fsp3) is 0.556. The van der Waals surface area contributed by atoms with E-state index in [9.17, 15) is 9.59 Å². The van der Waals surface area contributed by atoms with Gasteiger partial charge in [0, 0.05) is 0 Å². The molecule has 0 heterocycles. The lowest BCUT2D eigenvalue weighted by molar-refractivity contribution is -0.150. The van der Waals surface area contributed by atoms with Crippen molar-refractivity contribution >= 4 is 35.0 Å². The van der Waals surface area contributed by atoms with Gasteiger partial charge in [0.25, 0.3) is 0 Å². The molecule has 0 saturated carbocycles. The molecule has 0 aliphatic heterocycles. The molecule has 0 saturated heterocycles. The van der Waals surface area contributed by atoms with Crippen molar-refractivity contribution in [3.8, 4) is 0 Å². The Bertz CT molecular complexity index is 244. The molecule has 3 nitrogen and oxygen atoms in total. The number of hydrogen-bond donors (Lipinski definition) is 0. The quantitative estimate of drug-likeness (QED) is 0.546. The standard InChI is InChI=1S/C9H12Cl2O3/c1-3-14-9(13)7(6(2)12)4-5-8(10)11/h5,7H,3-4H2,1-2H3. The van der Waals surface area contributed by atoms with Gasteiger partial charge in [-0.2, -0.15) is 0 Å². The number of carbonyl (C=O) groups is 2. The second-order valence-electron chi connectivity index (χ2n) is 2.64. The minimum absolute atomic E-state index is 0.0422. The number of allylic oxidation sites excluding steroid dienone is 1. The van der Waals surface area contributed by atoms with Gasteiger partial charge >= 0.3 is 5.97 Å². The molecule has 80 valence electrons. The van der Waals surface area contributed by atoms with Crippen LogP contribution >= 0.6 is 23.2 Å². The Morgan fingerprint density at radius 2 is 2.00 bits per heavy atom. The topological polar surface area (TPSA) is 43.4 Å². The summed E-state index contributed by atoms with van der Waals surface area (Å²) in [5.41, 5.74) is 0. The number of carbonyl (C=O) groups excluding carboxylic acids is 2. The Morgan fingerprint density at radius 3 is 2.36 bits per heavy atom. The highest BCUT2D eigenvalue weighted by atomic mass is 35.5. The van der Waals surface area contributed by atoms with Gasteiger partial charge in [0.2, 0.25) is 0 Å². The minimum atomic E-state index is -0.803. The average molecular weight is 239 g/mol. The van der Waals surface area contributed by atoms with E-state index in [2.05, 4.69) is 0 Å². The van der Waals surface area contributed by atoms with Crippen LogP contribution in [0.3, 0.4) is 0 Å². The van der Waals surface area contributed by atoms with E-state index in [4.69, 9.17) is 27.9 Å². The van der Waals surface area contributed by atoms with E-state index in [1.165, 1.54) is 13.0 Å². The molecule has 0 aliphatic carbocycles. The number of Topliss-reactive ketones (excluding diaryl/α,β-unsaturated/α-hetero) is 1. The first kappa shape index (κ1) is 13.5. The van der Waals surface area contributed by atoms with Crippen molar-refractivity contribution in [2.45, 2.75) is 20.3 Å². The van der Waals surface area contributed by atoms with E-state index >= 15 is 0 Å². The van der Waals surface area contributed by atoms with E-state index in [0.717, 1.165) is 0 Å². The predicted octanol–water partition coefficient (Wildman–Crippen LogP) is 2.46. The molecule has 0 rings (SSSR count). The summed E-state index contributed by atoms with van der Waals surface area (Å²) in [5.74, 6) is -1.59. The molecule has 0 spiro atoms. The Kier molecular flexibility index (Phi) is 6.58. The van der Waals surface area contributed by atoms with Crippen LogP contribution in [0.5, 0.6) is 0 Å². The van der Waals surface area contributed by atoms with Gasteiger partial charge in [-0.3, -0.25) is 9.59 Å². The minimum Gasteiger partial charge on any atom is -0.465 e. The van der Waals surface area contributed by atoms with Crippen LogP contribution in [0.4, 0.5) is 0 Å². The van der Waals surface area contributed by atoms with Crippen LogP contribution < -0.4 is 0 Å². The summed E-state index contributed by atoms with van der Waals surface area (Å²) in [6, 6.07) is 0. The molecule has 0 aromatic rings. The average Bonchev–Trinajstić information content (AvgIpc) is 2.03. The zero-order chi connectivity index (χ0) is 11.1. The second-order valence-corrected chi connectivity index (χ2v) is 3.65. The smallest absolute Gasteiger partial charge is 0.316 e. The maximum atomic E-state index is 11.2. The van der Waals surface area contributed by atoms with Crippen LogP contribution in [-0.2, 0) is 14.3 Å². The molecular formula is C9H12Cl2O3. The Labute approximate surface area is 93.0 Å². The number of hydrogen-bond acceptors (Lipinski definition) is 3. The van der Waals surface area contributed by atoms with Gasteiger partial charge in [-0.1, -0.05) is 29.3 Å². The summed E-state index contributed by atoms with van der Waals surface area (Å²) >= 11 is 10.7.